The maximum atomic E-state index is 14.8. The molecular formula is C39H34BrFN6O6. The maximum Gasteiger partial charge on any atom is 0.339 e. The molecule has 0 spiro atoms. The Morgan fingerprint density at radius 3 is 2.45 bits per heavy atom. The number of piperazine rings is 1. The number of methoxy groups -OCH3 is 1. The second-order valence-corrected chi connectivity index (χ2v) is 13.1. The standard InChI is InChI=1S/C29H25FN6O3.C10H9BrO3/c30-25-7-1-18(14-26-23-15-21(39-20-3-4-20)5-6-22(23)28(37)34-33-26)13-24(25)29(38)36-11-9-35(10-12-36)27-8-2-19(16-31)17-32-27;1-3-14-7-4-5-8(9(11)6-7)10(12)13-2/h1-2,5-8,13,15,17,20H,3-4,9-12,14H2,(H,34,37);3-6H,1H2,2H3. The molecule has 2 fully saturated rings. The van der Waals surface area contributed by atoms with Crippen LogP contribution in [0, 0.1) is 17.1 Å². The van der Waals surface area contributed by atoms with Crippen molar-refractivity contribution in [3.8, 4) is 17.6 Å². The number of rotatable bonds is 9. The van der Waals surface area contributed by atoms with Crippen LogP contribution in [-0.2, 0) is 11.2 Å². The van der Waals surface area contributed by atoms with Crippen LogP contribution in [-0.4, -0.2) is 71.4 Å². The Balaban J connectivity index is 0.000000290. The minimum absolute atomic E-state index is 0.00364. The van der Waals surface area contributed by atoms with Gasteiger partial charge in [0.1, 0.15) is 29.2 Å². The molecule has 270 valence electrons. The van der Waals surface area contributed by atoms with Crippen LogP contribution in [0.25, 0.3) is 10.8 Å². The molecule has 0 atom stereocenters. The van der Waals surface area contributed by atoms with Crippen LogP contribution >= 0.6 is 15.9 Å². The van der Waals surface area contributed by atoms with Crippen molar-refractivity contribution < 1.29 is 28.2 Å². The number of hydrogen-bond acceptors (Lipinski definition) is 10. The van der Waals surface area contributed by atoms with Crippen molar-refractivity contribution in [3.05, 3.63) is 134 Å². The maximum absolute atomic E-state index is 14.8. The van der Waals surface area contributed by atoms with E-state index < -0.39 is 5.82 Å². The number of nitrogens with one attached hydrogen (secondary N) is 1. The molecule has 0 bridgehead atoms. The van der Waals surface area contributed by atoms with E-state index in [9.17, 15) is 18.8 Å². The molecule has 14 heteroatoms. The molecular weight excluding hydrogens is 747 g/mol. The third-order valence-electron chi connectivity index (χ3n) is 8.63. The molecule has 3 heterocycles. The minimum atomic E-state index is -0.584. The van der Waals surface area contributed by atoms with Crippen LogP contribution in [0.3, 0.4) is 0 Å². The van der Waals surface area contributed by atoms with E-state index >= 15 is 0 Å². The van der Waals surface area contributed by atoms with Gasteiger partial charge in [-0.3, -0.25) is 9.59 Å². The molecule has 3 aromatic carbocycles. The van der Waals surface area contributed by atoms with Crippen molar-refractivity contribution in [3.63, 3.8) is 0 Å². The van der Waals surface area contributed by atoms with E-state index in [4.69, 9.17) is 14.7 Å². The molecule has 1 N–H and O–H groups in total. The fraction of sp³-hybridized carbons (Fsp3) is 0.231. The van der Waals surface area contributed by atoms with Gasteiger partial charge in [0, 0.05) is 48.7 Å². The summed E-state index contributed by atoms with van der Waals surface area (Å²) in [5, 5.41) is 16.9. The van der Waals surface area contributed by atoms with Crippen LogP contribution in [0.2, 0.25) is 0 Å². The number of nitrogens with zero attached hydrogens (tertiary/aromatic N) is 5. The summed E-state index contributed by atoms with van der Waals surface area (Å²) in [6.07, 6.45) is 5.40. The van der Waals surface area contributed by atoms with E-state index in [1.807, 2.05) is 11.0 Å². The van der Waals surface area contributed by atoms with Gasteiger partial charge in [-0.15, -0.1) is 0 Å². The molecule has 0 unspecified atom stereocenters. The molecule has 0 radical (unpaired) electrons. The number of anilines is 1. The predicted octanol–water partition coefficient (Wildman–Crippen LogP) is 6.18. The van der Waals surface area contributed by atoms with Gasteiger partial charge in [0.15, 0.2) is 0 Å². The van der Waals surface area contributed by atoms with Gasteiger partial charge in [0.05, 0.1) is 47.2 Å². The van der Waals surface area contributed by atoms with Crippen molar-refractivity contribution in [2.75, 3.05) is 38.2 Å². The largest absolute Gasteiger partial charge is 0.490 e. The molecule has 2 aromatic heterocycles. The number of amides is 1. The molecule has 2 aliphatic rings. The normalized spacial score (nSPS) is 13.7. The van der Waals surface area contributed by atoms with Gasteiger partial charge in [0.25, 0.3) is 11.5 Å². The van der Waals surface area contributed by atoms with Gasteiger partial charge >= 0.3 is 5.97 Å². The molecule has 12 nitrogen and oxygen atoms in total. The summed E-state index contributed by atoms with van der Waals surface area (Å²) in [6, 6.07) is 20.3. The zero-order valence-corrected chi connectivity index (χ0v) is 30.3. The summed E-state index contributed by atoms with van der Waals surface area (Å²) >= 11 is 3.24. The number of esters is 1. The number of fused-ring (bicyclic) bond motifs is 1. The fourth-order valence-corrected chi connectivity index (χ4v) is 6.23. The lowest BCUT2D eigenvalue weighted by molar-refractivity contribution is 0.0599. The van der Waals surface area contributed by atoms with Crippen LogP contribution < -0.4 is 19.9 Å². The van der Waals surface area contributed by atoms with E-state index in [1.54, 1.807) is 59.5 Å². The number of hydrogen-bond donors (Lipinski definition) is 1. The highest BCUT2D eigenvalue weighted by Crippen LogP contribution is 2.30. The molecule has 53 heavy (non-hydrogen) atoms. The van der Waals surface area contributed by atoms with E-state index in [1.165, 1.54) is 25.6 Å². The number of benzene rings is 3. The quantitative estimate of drug-likeness (QED) is 0.136. The summed E-state index contributed by atoms with van der Waals surface area (Å²) in [5.74, 6) is 0.687. The lowest BCUT2D eigenvalue weighted by Crippen LogP contribution is -2.49. The number of H-pyrrole nitrogens is 1. The Bertz CT molecular complexity index is 2260. The molecule has 1 saturated heterocycles. The second-order valence-electron chi connectivity index (χ2n) is 12.2. The van der Waals surface area contributed by atoms with Crippen molar-refractivity contribution in [1.82, 2.24) is 20.1 Å². The van der Waals surface area contributed by atoms with E-state index in [0.29, 0.717) is 81.7 Å². The van der Waals surface area contributed by atoms with Crippen LogP contribution in [0.4, 0.5) is 10.2 Å². The average Bonchev–Trinajstić information content (AvgIpc) is 4.01. The smallest absolute Gasteiger partial charge is 0.339 e. The number of carbonyl (C=O) groups is 2. The summed E-state index contributed by atoms with van der Waals surface area (Å²) in [7, 11) is 1.34. The average molecular weight is 782 g/mol. The number of pyridine rings is 1. The zero-order chi connectivity index (χ0) is 37.5. The third kappa shape index (κ3) is 8.88. The van der Waals surface area contributed by atoms with E-state index in [2.05, 4.69) is 48.5 Å². The second kappa shape index (κ2) is 16.5. The third-order valence-corrected chi connectivity index (χ3v) is 9.29. The first-order valence-electron chi connectivity index (χ1n) is 16.7. The van der Waals surface area contributed by atoms with Crippen LogP contribution in [0.5, 0.6) is 11.5 Å². The first-order valence-corrected chi connectivity index (χ1v) is 17.5. The summed E-state index contributed by atoms with van der Waals surface area (Å²) in [5.41, 5.74) is 1.97. The molecule has 1 saturated carbocycles. The van der Waals surface area contributed by atoms with Gasteiger partial charge in [-0.25, -0.2) is 19.3 Å². The Kier molecular flexibility index (Phi) is 11.4. The van der Waals surface area contributed by atoms with Crippen LogP contribution in [0.15, 0.2) is 95.0 Å². The van der Waals surface area contributed by atoms with E-state index in [0.717, 1.165) is 18.7 Å². The Labute approximate surface area is 312 Å². The Hall–Kier alpha value is -6.07. The number of carbonyl (C=O) groups excluding carboxylic acids is 2. The highest BCUT2D eigenvalue weighted by Gasteiger charge is 2.26. The molecule has 1 aliphatic carbocycles. The number of aromatic nitrogens is 3. The van der Waals surface area contributed by atoms with Crippen molar-refractivity contribution in [2.24, 2.45) is 0 Å². The lowest BCUT2D eigenvalue weighted by atomic mass is 10.0. The monoisotopic (exact) mass is 780 g/mol. The van der Waals surface area contributed by atoms with Crippen LogP contribution in [0.1, 0.15) is 50.4 Å². The molecule has 1 amide bonds. The number of nitriles is 1. The minimum Gasteiger partial charge on any atom is -0.490 e. The summed E-state index contributed by atoms with van der Waals surface area (Å²) in [4.78, 5) is 44.8. The van der Waals surface area contributed by atoms with Crippen molar-refractivity contribution in [2.45, 2.75) is 25.4 Å². The van der Waals surface area contributed by atoms with Crippen molar-refractivity contribution in [1.29, 1.82) is 5.26 Å². The molecule has 1 aliphatic heterocycles. The lowest BCUT2D eigenvalue weighted by Gasteiger charge is -2.35. The number of halogens is 2. The van der Waals surface area contributed by atoms with Gasteiger partial charge in [-0.05, 0) is 95.0 Å². The fourth-order valence-electron chi connectivity index (χ4n) is 5.71. The van der Waals surface area contributed by atoms with E-state index in [-0.39, 0.29) is 29.1 Å². The first-order chi connectivity index (χ1) is 25.7. The molecule has 5 aromatic rings. The summed E-state index contributed by atoms with van der Waals surface area (Å²) in [6.45, 7) is 5.36. The highest BCUT2D eigenvalue weighted by molar-refractivity contribution is 9.10. The first kappa shape index (κ1) is 36.7. The van der Waals surface area contributed by atoms with Gasteiger partial charge < -0.3 is 24.0 Å². The Morgan fingerprint density at radius 2 is 1.79 bits per heavy atom. The number of aromatic amines is 1. The highest BCUT2D eigenvalue weighted by atomic mass is 79.9. The van der Waals surface area contributed by atoms with Gasteiger partial charge in [0.2, 0.25) is 0 Å². The number of ether oxygens (including phenoxy) is 3. The van der Waals surface area contributed by atoms with Crippen molar-refractivity contribution >= 4 is 44.4 Å². The SMILES string of the molecule is C=COc1ccc(C(=O)OC)c(Br)c1.N#Cc1ccc(N2CCN(C(=O)c3cc(Cc4n[nH]c(=O)c5ccc(OC6CC6)cc45)ccc3F)CC2)nc1. The summed E-state index contributed by atoms with van der Waals surface area (Å²) < 4.78 is 31.0. The van der Waals surface area contributed by atoms with Gasteiger partial charge in [-0.1, -0.05) is 12.6 Å². The Morgan fingerprint density at radius 1 is 1.02 bits per heavy atom. The predicted molar refractivity (Wildman–Crippen MR) is 199 cm³/mol. The topological polar surface area (TPSA) is 151 Å². The van der Waals surface area contributed by atoms with Gasteiger partial charge in [-0.2, -0.15) is 10.4 Å². The zero-order valence-electron chi connectivity index (χ0n) is 28.7. The molecule has 7 rings (SSSR count).